The Morgan fingerprint density at radius 3 is 2.33 bits per heavy atom. The van der Waals surface area contributed by atoms with Crippen LogP contribution in [0.1, 0.15) is 15.9 Å². The zero-order chi connectivity index (χ0) is 15.4. The predicted octanol–water partition coefficient (Wildman–Crippen LogP) is 2.85. The van der Waals surface area contributed by atoms with Gasteiger partial charge in [-0.2, -0.15) is 0 Å². The summed E-state index contributed by atoms with van der Waals surface area (Å²) in [6, 6.07) is 10.5. The normalized spacial score (nSPS) is 10.0. The second-order valence-corrected chi connectivity index (χ2v) is 4.61. The molecule has 1 amide bonds. The number of amides is 1. The molecule has 0 aliphatic rings. The van der Waals surface area contributed by atoms with Crippen LogP contribution >= 0.6 is 0 Å². The minimum absolute atomic E-state index is 0.250. The highest BCUT2D eigenvalue weighted by Gasteiger charge is 2.13. The van der Waals surface area contributed by atoms with Crippen LogP contribution in [0.3, 0.4) is 0 Å². The maximum Gasteiger partial charge on any atom is 0.259 e. The molecular formula is C16H18N2O3. The highest BCUT2D eigenvalue weighted by molar-refractivity contribution is 6.06. The van der Waals surface area contributed by atoms with E-state index in [2.05, 4.69) is 5.32 Å². The van der Waals surface area contributed by atoms with Gasteiger partial charge in [0.2, 0.25) is 0 Å². The topological polar surface area (TPSA) is 73.6 Å². The van der Waals surface area contributed by atoms with Crippen LogP contribution in [0, 0.1) is 6.92 Å². The number of carbonyl (C=O) groups is 1. The highest BCUT2D eigenvalue weighted by Crippen LogP contribution is 2.26. The van der Waals surface area contributed by atoms with Gasteiger partial charge in [0.05, 0.1) is 25.5 Å². The summed E-state index contributed by atoms with van der Waals surface area (Å²) in [7, 11) is 3.08. The Morgan fingerprint density at radius 2 is 1.71 bits per heavy atom. The van der Waals surface area contributed by atoms with Crippen LogP contribution in [0.15, 0.2) is 36.4 Å². The SMILES string of the molecule is COc1ccc(NC(=O)c2cc(C)ccc2OC)cc1N. The molecule has 2 rings (SSSR count). The Hall–Kier alpha value is -2.69. The number of nitrogens with one attached hydrogen (secondary N) is 1. The molecule has 2 aromatic carbocycles. The molecule has 3 N–H and O–H groups in total. The van der Waals surface area contributed by atoms with Crippen molar-refractivity contribution >= 4 is 17.3 Å². The second-order valence-electron chi connectivity index (χ2n) is 4.61. The molecule has 0 heterocycles. The standard InChI is InChI=1S/C16H18N2O3/c1-10-4-6-14(20-2)12(8-10)16(19)18-11-5-7-15(21-3)13(17)9-11/h4-9H,17H2,1-3H3,(H,18,19). The molecule has 5 nitrogen and oxygen atoms in total. The van der Waals surface area contributed by atoms with E-state index in [1.165, 1.54) is 7.11 Å². The van der Waals surface area contributed by atoms with E-state index < -0.39 is 0 Å². The molecule has 5 heteroatoms. The quantitative estimate of drug-likeness (QED) is 0.848. The molecule has 0 aliphatic heterocycles. The van der Waals surface area contributed by atoms with Crippen LogP contribution in [0.25, 0.3) is 0 Å². The molecule has 0 unspecified atom stereocenters. The molecular weight excluding hydrogens is 268 g/mol. The summed E-state index contributed by atoms with van der Waals surface area (Å²) in [5, 5.41) is 2.80. The smallest absolute Gasteiger partial charge is 0.259 e. The molecule has 0 saturated heterocycles. The van der Waals surface area contributed by atoms with Gasteiger partial charge in [0.1, 0.15) is 11.5 Å². The number of nitrogen functional groups attached to an aromatic ring is 1. The second kappa shape index (κ2) is 6.17. The molecule has 0 aliphatic carbocycles. The number of aryl methyl sites for hydroxylation is 1. The van der Waals surface area contributed by atoms with Crippen molar-refractivity contribution in [3.05, 3.63) is 47.5 Å². The number of benzene rings is 2. The van der Waals surface area contributed by atoms with Gasteiger partial charge in [0, 0.05) is 5.69 Å². The first kappa shape index (κ1) is 14.7. The van der Waals surface area contributed by atoms with Crippen molar-refractivity contribution in [3.8, 4) is 11.5 Å². The van der Waals surface area contributed by atoms with Gasteiger partial charge >= 0.3 is 0 Å². The Kier molecular flexibility index (Phi) is 4.33. The molecule has 0 bridgehead atoms. The van der Waals surface area contributed by atoms with E-state index >= 15 is 0 Å². The number of rotatable bonds is 4. The van der Waals surface area contributed by atoms with Crippen molar-refractivity contribution in [3.63, 3.8) is 0 Å². The van der Waals surface area contributed by atoms with Gasteiger partial charge in [0.15, 0.2) is 0 Å². The Labute approximate surface area is 123 Å². The monoisotopic (exact) mass is 286 g/mol. The lowest BCUT2D eigenvalue weighted by atomic mass is 10.1. The molecule has 0 spiro atoms. The summed E-state index contributed by atoms with van der Waals surface area (Å²) < 4.78 is 10.3. The third kappa shape index (κ3) is 3.25. The van der Waals surface area contributed by atoms with Crippen LogP contribution in [0.2, 0.25) is 0 Å². The van der Waals surface area contributed by atoms with Crippen LogP contribution in [-0.2, 0) is 0 Å². The largest absolute Gasteiger partial charge is 0.496 e. The fourth-order valence-corrected chi connectivity index (χ4v) is 2.01. The van der Waals surface area contributed by atoms with E-state index in [1.807, 2.05) is 13.0 Å². The average molecular weight is 286 g/mol. The average Bonchev–Trinajstić information content (AvgIpc) is 2.47. The Balaban J connectivity index is 2.26. The van der Waals surface area contributed by atoms with E-state index in [0.29, 0.717) is 28.4 Å². The lowest BCUT2D eigenvalue weighted by molar-refractivity contribution is 0.102. The van der Waals surface area contributed by atoms with Gasteiger partial charge in [-0.05, 0) is 37.3 Å². The lowest BCUT2D eigenvalue weighted by Crippen LogP contribution is -2.13. The van der Waals surface area contributed by atoms with Crippen molar-refractivity contribution in [1.29, 1.82) is 0 Å². The van der Waals surface area contributed by atoms with Gasteiger partial charge in [-0.1, -0.05) is 11.6 Å². The Bertz CT molecular complexity index is 669. The van der Waals surface area contributed by atoms with Gasteiger partial charge in [-0.3, -0.25) is 4.79 Å². The van der Waals surface area contributed by atoms with Gasteiger partial charge in [-0.25, -0.2) is 0 Å². The first-order valence-corrected chi connectivity index (χ1v) is 6.44. The number of hydrogen-bond acceptors (Lipinski definition) is 4. The van der Waals surface area contributed by atoms with Crippen LogP contribution in [-0.4, -0.2) is 20.1 Å². The number of nitrogens with two attached hydrogens (primary N) is 1. The first-order valence-electron chi connectivity index (χ1n) is 6.44. The van der Waals surface area contributed by atoms with E-state index in [9.17, 15) is 4.79 Å². The van der Waals surface area contributed by atoms with Crippen molar-refractivity contribution in [2.45, 2.75) is 6.92 Å². The third-order valence-corrected chi connectivity index (χ3v) is 3.09. The zero-order valence-corrected chi connectivity index (χ0v) is 12.3. The molecule has 0 atom stereocenters. The Morgan fingerprint density at radius 1 is 1.05 bits per heavy atom. The summed E-state index contributed by atoms with van der Waals surface area (Å²) >= 11 is 0. The van der Waals surface area contributed by atoms with E-state index in [4.69, 9.17) is 15.2 Å². The lowest BCUT2D eigenvalue weighted by Gasteiger charge is -2.11. The number of methoxy groups -OCH3 is 2. The maximum absolute atomic E-state index is 12.3. The minimum atomic E-state index is -0.250. The van der Waals surface area contributed by atoms with Crippen molar-refractivity contribution in [2.24, 2.45) is 0 Å². The van der Waals surface area contributed by atoms with Gasteiger partial charge < -0.3 is 20.5 Å². The molecule has 110 valence electrons. The van der Waals surface area contributed by atoms with E-state index in [0.717, 1.165) is 5.56 Å². The van der Waals surface area contributed by atoms with E-state index in [-0.39, 0.29) is 5.91 Å². The van der Waals surface area contributed by atoms with Gasteiger partial charge in [-0.15, -0.1) is 0 Å². The van der Waals surface area contributed by atoms with E-state index in [1.54, 1.807) is 37.4 Å². The number of ether oxygens (including phenoxy) is 2. The highest BCUT2D eigenvalue weighted by atomic mass is 16.5. The maximum atomic E-state index is 12.3. The molecule has 21 heavy (non-hydrogen) atoms. The van der Waals surface area contributed by atoms with Crippen LogP contribution < -0.4 is 20.5 Å². The molecule has 2 aromatic rings. The number of anilines is 2. The molecule has 0 fully saturated rings. The summed E-state index contributed by atoms with van der Waals surface area (Å²) in [6.07, 6.45) is 0. The fraction of sp³-hybridized carbons (Fsp3) is 0.188. The summed E-state index contributed by atoms with van der Waals surface area (Å²) in [5.74, 6) is 0.848. The summed E-state index contributed by atoms with van der Waals surface area (Å²) in [6.45, 7) is 1.92. The molecule has 0 saturated carbocycles. The van der Waals surface area contributed by atoms with Crippen molar-refractivity contribution < 1.29 is 14.3 Å². The summed E-state index contributed by atoms with van der Waals surface area (Å²) in [5.41, 5.74) is 8.35. The fourth-order valence-electron chi connectivity index (χ4n) is 2.01. The predicted molar refractivity (Wildman–Crippen MR) is 83.1 cm³/mol. The summed E-state index contributed by atoms with van der Waals surface area (Å²) in [4.78, 5) is 12.3. The van der Waals surface area contributed by atoms with Crippen molar-refractivity contribution in [1.82, 2.24) is 0 Å². The number of carbonyl (C=O) groups excluding carboxylic acids is 1. The molecule has 0 aromatic heterocycles. The van der Waals surface area contributed by atoms with Gasteiger partial charge in [0.25, 0.3) is 5.91 Å². The molecule has 0 radical (unpaired) electrons. The first-order chi connectivity index (χ1) is 10.0. The van der Waals surface area contributed by atoms with Crippen molar-refractivity contribution in [2.75, 3.05) is 25.3 Å². The van der Waals surface area contributed by atoms with Crippen LogP contribution in [0.4, 0.5) is 11.4 Å². The number of hydrogen-bond donors (Lipinski definition) is 2. The third-order valence-electron chi connectivity index (χ3n) is 3.09. The zero-order valence-electron chi connectivity index (χ0n) is 12.3. The van der Waals surface area contributed by atoms with Crippen LogP contribution in [0.5, 0.6) is 11.5 Å². The minimum Gasteiger partial charge on any atom is -0.496 e.